The third-order valence-electron chi connectivity index (χ3n) is 7.01. The van der Waals surface area contributed by atoms with Crippen molar-refractivity contribution in [1.82, 2.24) is 9.55 Å². The van der Waals surface area contributed by atoms with Crippen LogP contribution in [0.1, 0.15) is 54.2 Å². The van der Waals surface area contributed by atoms with Crippen LogP contribution in [0.15, 0.2) is 17.1 Å². The molecule has 0 radical (unpaired) electrons. The van der Waals surface area contributed by atoms with E-state index in [0.29, 0.717) is 13.0 Å². The van der Waals surface area contributed by atoms with Crippen LogP contribution in [0.3, 0.4) is 0 Å². The molecule has 1 aliphatic rings. The second kappa shape index (κ2) is 8.50. The number of hydrogen-bond donors (Lipinski definition) is 1. The zero-order valence-electron chi connectivity index (χ0n) is 20.4. The molecule has 1 aromatic heterocycles. The smallest absolute Gasteiger partial charge is 0.351 e. The van der Waals surface area contributed by atoms with E-state index in [2.05, 4.69) is 72.7 Å². The normalized spacial score (nSPS) is 23.7. The molecule has 1 fully saturated rings. The SMILES string of the molecule is CC(C)(C)[Si](C)(C)OC[C@@H]1O[C@@H](n2ccc(N)nc2=O)CC1O[Si](C)(C)C(C)(C)C. The second-order valence-corrected chi connectivity index (χ2v) is 21.0. The first-order valence-corrected chi connectivity index (χ1v) is 16.6. The molecule has 0 bridgehead atoms. The van der Waals surface area contributed by atoms with Gasteiger partial charge in [0.2, 0.25) is 0 Å². The second-order valence-electron chi connectivity index (χ2n) is 11.4. The summed E-state index contributed by atoms with van der Waals surface area (Å²) in [6.45, 7) is 22.7. The fraction of sp³-hybridized carbons (Fsp3) is 0.810. The summed E-state index contributed by atoms with van der Waals surface area (Å²) in [5, 5.41) is 0.189. The molecule has 0 aliphatic carbocycles. The Morgan fingerprint density at radius 3 is 2.20 bits per heavy atom. The average molecular weight is 456 g/mol. The van der Waals surface area contributed by atoms with E-state index in [1.54, 1.807) is 12.3 Å². The summed E-state index contributed by atoms with van der Waals surface area (Å²) in [5.74, 6) is 0.209. The van der Waals surface area contributed by atoms with Crippen LogP contribution in [0.4, 0.5) is 5.82 Å². The van der Waals surface area contributed by atoms with Crippen molar-refractivity contribution in [3.63, 3.8) is 0 Å². The third kappa shape index (κ3) is 5.61. The van der Waals surface area contributed by atoms with Gasteiger partial charge in [0, 0.05) is 12.6 Å². The highest BCUT2D eigenvalue weighted by molar-refractivity contribution is 6.74. The minimum Gasteiger partial charge on any atom is -0.414 e. The summed E-state index contributed by atoms with van der Waals surface area (Å²) < 4.78 is 21.0. The maximum Gasteiger partial charge on any atom is 0.351 e. The van der Waals surface area contributed by atoms with E-state index in [1.165, 1.54) is 4.57 Å². The van der Waals surface area contributed by atoms with Crippen molar-refractivity contribution in [1.29, 1.82) is 0 Å². The number of hydrogen-bond acceptors (Lipinski definition) is 6. The molecule has 7 nitrogen and oxygen atoms in total. The molecule has 2 heterocycles. The van der Waals surface area contributed by atoms with Crippen molar-refractivity contribution in [2.24, 2.45) is 0 Å². The molecular formula is C21H41N3O4Si2. The average Bonchev–Trinajstić information content (AvgIpc) is 2.92. The minimum absolute atomic E-state index is 0.0789. The molecule has 9 heteroatoms. The van der Waals surface area contributed by atoms with Crippen LogP contribution >= 0.6 is 0 Å². The van der Waals surface area contributed by atoms with Gasteiger partial charge in [-0.15, -0.1) is 0 Å². The van der Waals surface area contributed by atoms with Gasteiger partial charge in [0.1, 0.15) is 18.1 Å². The van der Waals surface area contributed by atoms with E-state index >= 15 is 0 Å². The number of nitrogens with two attached hydrogens (primary N) is 1. The highest BCUT2D eigenvalue weighted by Gasteiger charge is 2.46. The Hall–Kier alpha value is -1.01. The summed E-state index contributed by atoms with van der Waals surface area (Å²) in [6.07, 6.45) is 1.43. The van der Waals surface area contributed by atoms with Crippen molar-refractivity contribution in [2.45, 2.75) is 103 Å². The molecule has 1 unspecified atom stereocenters. The van der Waals surface area contributed by atoms with E-state index < -0.39 is 28.6 Å². The standard InChI is InChI=1S/C21H41N3O4Si2/c1-20(2,3)29(7,8)26-14-16-15(28-30(9,10)21(4,5)6)13-18(27-16)24-12-11-17(22)23-19(24)25/h11-12,15-16,18H,13-14H2,1-10H3,(H2,22,23,25)/t15?,16-,18+/m0/s1. The Morgan fingerprint density at radius 1 is 1.13 bits per heavy atom. The molecule has 1 aliphatic heterocycles. The highest BCUT2D eigenvalue weighted by Crippen LogP contribution is 2.42. The van der Waals surface area contributed by atoms with Gasteiger partial charge >= 0.3 is 5.69 Å². The molecule has 1 aromatic rings. The predicted molar refractivity (Wildman–Crippen MR) is 127 cm³/mol. The third-order valence-corrected chi connectivity index (χ3v) is 16.0. The summed E-state index contributed by atoms with van der Waals surface area (Å²) in [5.41, 5.74) is 5.24. The Bertz CT molecular complexity index is 797. The molecule has 0 aromatic carbocycles. The van der Waals surface area contributed by atoms with Gasteiger partial charge < -0.3 is 19.3 Å². The lowest BCUT2D eigenvalue weighted by atomic mass is 10.2. The zero-order chi connectivity index (χ0) is 23.1. The van der Waals surface area contributed by atoms with E-state index in [4.69, 9.17) is 19.3 Å². The first-order chi connectivity index (χ1) is 13.4. The van der Waals surface area contributed by atoms with E-state index in [0.717, 1.165) is 0 Å². The van der Waals surface area contributed by atoms with Gasteiger partial charge in [-0.25, -0.2) is 4.79 Å². The molecule has 3 atom stereocenters. The first-order valence-electron chi connectivity index (χ1n) is 10.8. The summed E-state index contributed by atoms with van der Waals surface area (Å²) in [6, 6.07) is 1.62. The maximum atomic E-state index is 12.4. The molecule has 0 spiro atoms. The quantitative estimate of drug-likeness (QED) is 0.634. The van der Waals surface area contributed by atoms with Gasteiger partial charge in [-0.2, -0.15) is 4.98 Å². The van der Waals surface area contributed by atoms with Crippen molar-refractivity contribution in [3.05, 3.63) is 22.7 Å². The van der Waals surface area contributed by atoms with Gasteiger partial charge in [-0.05, 0) is 42.3 Å². The van der Waals surface area contributed by atoms with Crippen LogP contribution in [-0.4, -0.2) is 45.0 Å². The van der Waals surface area contributed by atoms with Gasteiger partial charge in [-0.3, -0.25) is 4.57 Å². The molecule has 0 amide bonds. The van der Waals surface area contributed by atoms with Crippen molar-refractivity contribution in [2.75, 3.05) is 12.3 Å². The maximum absolute atomic E-state index is 12.4. The number of nitrogen functional groups attached to an aromatic ring is 1. The highest BCUT2D eigenvalue weighted by atomic mass is 28.4. The summed E-state index contributed by atoms with van der Waals surface area (Å²) >= 11 is 0. The van der Waals surface area contributed by atoms with Crippen LogP contribution in [0.5, 0.6) is 0 Å². The van der Waals surface area contributed by atoms with Crippen molar-refractivity contribution >= 4 is 22.5 Å². The van der Waals surface area contributed by atoms with Gasteiger partial charge in [0.05, 0.1) is 12.7 Å². The molecule has 0 saturated carbocycles. The Morgan fingerprint density at radius 2 is 1.70 bits per heavy atom. The van der Waals surface area contributed by atoms with Crippen LogP contribution in [0, 0.1) is 0 Å². The van der Waals surface area contributed by atoms with E-state index in [-0.39, 0.29) is 28.1 Å². The van der Waals surface area contributed by atoms with Gasteiger partial charge in [-0.1, -0.05) is 41.5 Å². The molecular weight excluding hydrogens is 414 g/mol. The lowest BCUT2D eigenvalue weighted by Crippen LogP contribution is -2.48. The number of nitrogens with zero attached hydrogens (tertiary/aromatic N) is 2. The van der Waals surface area contributed by atoms with Crippen LogP contribution in [-0.2, 0) is 13.6 Å². The van der Waals surface area contributed by atoms with E-state index in [1.807, 2.05) is 0 Å². The lowest BCUT2D eigenvalue weighted by molar-refractivity contribution is -0.0411. The number of rotatable bonds is 6. The predicted octanol–water partition coefficient (Wildman–Crippen LogP) is 4.53. The van der Waals surface area contributed by atoms with Gasteiger partial charge in [0.25, 0.3) is 0 Å². The Balaban J connectivity index is 2.27. The van der Waals surface area contributed by atoms with Crippen LogP contribution < -0.4 is 11.4 Å². The molecule has 30 heavy (non-hydrogen) atoms. The fourth-order valence-corrected chi connectivity index (χ4v) is 5.22. The first kappa shape index (κ1) is 25.3. The number of anilines is 1. The minimum atomic E-state index is -2.02. The van der Waals surface area contributed by atoms with Gasteiger partial charge in [0.15, 0.2) is 16.6 Å². The Labute approximate surface area is 183 Å². The summed E-state index contributed by atoms with van der Waals surface area (Å²) in [4.78, 5) is 16.2. The Kier molecular flexibility index (Phi) is 7.15. The molecule has 1 saturated heterocycles. The van der Waals surface area contributed by atoms with Crippen molar-refractivity contribution < 1.29 is 13.6 Å². The largest absolute Gasteiger partial charge is 0.414 e. The van der Waals surface area contributed by atoms with E-state index in [9.17, 15) is 4.79 Å². The van der Waals surface area contributed by atoms with Crippen LogP contribution in [0.25, 0.3) is 0 Å². The topological polar surface area (TPSA) is 88.6 Å². The fourth-order valence-electron chi connectivity index (χ4n) is 2.85. The molecule has 2 rings (SSSR count). The number of aromatic nitrogens is 2. The summed E-state index contributed by atoms with van der Waals surface area (Å²) in [7, 11) is -3.96. The zero-order valence-corrected chi connectivity index (χ0v) is 22.4. The molecule has 172 valence electrons. The molecule has 2 N–H and O–H groups in total. The monoisotopic (exact) mass is 455 g/mol. The van der Waals surface area contributed by atoms with Crippen molar-refractivity contribution in [3.8, 4) is 0 Å². The number of ether oxygens (including phenoxy) is 1. The lowest BCUT2D eigenvalue weighted by Gasteiger charge is -2.40. The van der Waals surface area contributed by atoms with Crippen LogP contribution in [0.2, 0.25) is 36.3 Å².